The van der Waals surface area contributed by atoms with E-state index in [9.17, 15) is 9.59 Å². The van der Waals surface area contributed by atoms with Crippen molar-refractivity contribution < 1.29 is 14.3 Å². The number of urea groups is 1. The molecule has 1 fully saturated rings. The molecule has 0 bridgehead atoms. The summed E-state index contributed by atoms with van der Waals surface area (Å²) < 4.78 is 7.44. The molecule has 1 aromatic heterocycles. The number of rotatable bonds is 7. The zero-order chi connectivity index (χ0) is 19.2. The summed E-state index contributed by atoms with van der Waals surface area (Å²) in [5.41, 5.74) is 2.28. The van der Waals surface area contributed by atoms with Crippen LogP contribution in [0.5, 0.6) is 0 Å². The van der Waals surface area contributed by atoms with E-state index >= 15 is 0 Å². The number of ether oxygens (including phenoxy) is 1. The van der Waals surface area contributed by atoms with Crippen molar-refractivity contribution in [1.29, 1.82) is 0 Å². The van der Waals surface area contributed by atoms with E-state index in [-0.39, 0.29) is 24.1 Å². The highest BCUT2D eigenvalue weighted by Crippen LogP contribution is 2.15. The average molecular weight is 373 g/mol. The van der Waals surface area contributed by atoms with Gasteiger partial charge in [0.05, 0.1) is 23.5 Å². The highest BCUT2D eigenvalue weighted by molar-refractivity contribution is 5.97. The van der Waals surface area contributed by atoms with Crippen LogP contribution >= 0.6 is 0 Å². The summed E-state index contributed by atoms with van der Waals surface area (Å²) in [6.45, 7) is 6.26. The van der Waals surface area contributed by atoms with Gasteiger partial charge in [0.1, 0.15) is 0 Å². The van der Waals surface area contributed by atoms with Gasteiger partial charge in [-0.3, -0.25) is 4.79 Å². The van der Waals surface area contributed by atoms with Crippen LogP contribution in [0.15, 0.2) is 24.5 Å². The summed E-state index contributed by atoms with van der Waals surface area (Å²) in [5.74, 6) is -0.106. The Labute approximate surface area is 158 Å². The van der Waals surface area contributed by atoms with Crippen molar-refractivity contribution in [2.24, 2.45) is 0 Å². The van der Waals surface area contributed by atoms with Gasteiger partial charge in [0, 0.05) is 37.8 Å². The predicted molar refractivity (Wildman–Crippen MR) is 103 cm³/mol. The Balaban J connectivity index is 1.50. The van der Waals surface area contributed by atoms with Crippen molar-refractivity contribution in [3.05, 3.63) is 30.1 Å². The molecule has 2 heterocycles. The van der Waals surface area contributed by atoms with E-state index in [1.807, 2.05) is 24.5 Å². The molecule has 0 spiro atoms. The number of imidazole rings is 1. The number of carbonyl (C=O) groups excluding carboxylic acids is 2. The SMILES string of the molecule is CC(C)NC(=O)c1ccc2c(c1)ncn2CCNC(=O)NC[C@H]1CCCO1. The first kappa shape index (κ1) is 19.2. The quantitative estimate of drug-likeness (QED) is 0.687. The molecular weight excluding hydrogens is 346 g/mol. The van der Waals surface area contributed by atoms with Crippen LogP contribution in [-0.4, -0.2) is 53.3 Å². The fraction of sp³-hybridized carbons (Fsp3) is 0.526. The maximum Gasteiger partial charge on any atom is 0.314 e. The number of fused-ring (bicyclic) bond motifs is 1. The Morgan fingerprint density at radius 3 is 2.93 bits per heavy atom. The third kappa shape index (κ3) is 5.19. The van der Waals surface area contributed by atoms with Crippen LogP contribution in [-0.2, 0) is 11.3 Å². The fourth-order valence-corrected chi connectivity index (χ4v) is 3.09. The van der Waals surface area contributed by atoms with Gasteiger partial charge in [0.25, 0.3) is 5.91 Å². The van der Waals surface area contributed by atoms with Gasteiger partial charge < -0.3 is 25.3 Å². The molecule has 1 atom stereocenters. The molecule has 0 radical (unpaired) electrons. The normalized spacial score (nSPS) is 16.6. The molecule has 1 aliphatic heterocycles. The van der Waals surface area contributed by atoms with Gasteiger partial charge in [-0.15, -0.1) is 0 Å². The molecule has 8 nitrogen and oxygen atoms in total. The first-order chi connectivity index (χ1) is 13.0. The average Bonchev–Trinajstić information content (AvgIpc) is 3.29. The molecule has 0 unspecified atom stereocenters. The summed E-state index contributed by atoms with van der Waals surface area (Å²) in [7, 11) is 0. The highest BCUT2D eigenvalue weighted by atomic mass is 16.5. The van der Waals surface area contributed by atoms with E-state index in [1.54, 1.807) is 18.5 Å². The van der Waals surface area contributed by atoms with E-state index in [4.69, 9.17) is 4.74 Å². The first-order valence-electron chi connectivity index (χ1n) is 9.42. The lowest BCUT2D eigenvalue weighted by atomic mass is 10.2. The Kier molecular flexibility index (Phi) is 6.28. The second-order valence-electron chi connectivity index (χ2n) is 7.04. The molecule has 3 N–H and O–H groups in total. The van der Waals surface area contributed by atoms with Crippen molar-refractivity contribution in [2.75, 3.05) is 19.7 Å². The van der Waals surface area contributed by atoms with E-state index < -0.39 is 0 Å². The van der Waals surface area contributed by atoms with Gasteiger partial charge >= 0.3 is 6.03 Å². The number of amides is 3. The van der Waals surface area contributed by atoms with Gasteiger partial charge in [-0.05, 0) is 44.9 Å². The minimum Gasteiger partial charge on any atom is -0.376 e. The largest absolute Gasteiger partial charge is 0.376 e. The molecule has 1 aliphatic rings. The van der Waals surface area contributed by atoms with Crippen LogP contribution in [0.2, 0.25) is 0 Å². The second-order valence-corrected chi connectivity index (χ2v) is 7.04. The second kappa shape index (κ2) is 8.85. The molecule has 1 aromatic carbocycles. The van der Waals surface area contributed by atoms with E-state index in [0.717, 1.165) is 30.5 Å². The number of nitrogens with zero attached hydrogens (tertiary/aromatic N) is 2. The van der Waals surface area contributed by atoms with Gasteiger partial charge in [0.15, 0.2) is 0 Å². The molecule has 1 saturated heterocycles. The molecular formula is C19H27N5O3. The van der Waals surface area contributed by atoms with Crippen LogP contribution in [0.4, 0.5) is 4.79 Å². The molecule has 2 aromatic rings. The molecule has 3 rings (SSSR count). The monoisotopic (exact) mass is 373 g/mol. The lowest BCUT2D eigenvalue weighted by Crippen LogP contribution is -2.40. The number of hydrogen-bond acceptors (Lipinski definition) is 4. The Bertz CT molecular complexity index is 796. The first-order valence-corrected chi connectivity index (χ1v) is 9.42. The van der Waals surface area contributed by atoms with Gasteiger partial charge in [-0.1, -0.05) is 0 Å². The van der Waals surface area contributed by atoms with Crippen LogP contribution in [0.1, 0.15) is 37.0 Å². The van der Waals surface area contributed by atoms with Crippen LogP contribution in [0.3, 0.4) is 0 Å². The number of nitrogens with one attached hydrogen (secondary N) is 3. The highest BCUT2D eigenvalue weighted by Gasteiger charge is 2.16. The Hall–Kier alpha value is -2.61. The van der Waals surface area contributed by atoms with Crippen molar-refractivity contribution in [2.45, 2.75) is 45.4 Å². The number of hydrogen-bond donors (Lipinski definition) is 3. The Morgan fingerprint density at radius 2 is 2.19 bits per heavy atom. The predicted octanol–water partition coefficient (Wildman–Crippen LogP) is 1.65. The summed E-state index contributed by atoms with van der Waals surface area (Å²) in [5, 5.41) is 8.55. The fourth-order valence-electron chi connectivity index (χ4n) is 3.09. The topological polar surface area (TPSA) is 97.3 Å². The van der Waals surface area contributed by atoms with Crippen molar-refractivity contribution in [3.8, 4) is 0 Å². The van der Waals surface area contributed by atoms with E-state index in [1.165, 1.54) is 0 Å². The summed E-state index contributed by atoms with van der Waals surface area (Å²) in [6.07, 6.45) is 3.91. The lowest BCUT2D eigenvalue weighted by molar-refractivity contribution is 0.0943. The van der Waals surface area contributed by atoms with Gasteiger partial charge in [-0.2, -0.15) is 0 Å². The summed E-state index contributed by atoms with van der Waals surface area (Å²) >= 11 is 0. The maximum atomic E-state index is 12.1. The van der Waals surface area contributed by atoms with Gasteiger partial charge in [0.2, 0.25) is 0 Å². The van der Waals surface area contributed by atoms with Crippen LogP contribution in [0.25, 0.3) is 11.0 Å². The van der Waals surface area contributed by atoms with Crippen LogP contribution in [0, 0.1) is 0 Å². The smallest absolute Gasteiger partial charge is 0.314 e. The molecule has 8 heteroatoms. The van der Waals surface area contributed by atoms with Crippen molar-refractivity contribution in [3.63, 3.8) is 0 Å². The molecule has 27 heavy (non-hydrogen) atoms. The number of aromatic nitrogens is 2. The molecule has 3 amide bonds. The Morgan fingerprint density at radius 1 is 1.33 bits per heavy atom. The zero-order valence-corrected chi connectivity index (χ0v) is 15.8. The minimum absolute atomic E-state index is 0.0863. The van der Waals surface area contributed by atoms with E-state index in [0.29, 0.717) is 25.2 Å². The lowest BCUT2D eigenvalue weighted by Gasteiger charge is -2.12. The summed E-state index contributed by atoms with van der Waals surface area (Å²) in [4.78, 5) is 28.3. The third-order valence-corrected chi connectivity index (χ3v) is 4.46. The summed E-state index contributed by atoms with van der Waals surface area (Å²) in [6, 6.07) is 5.35. The maximum absolute atomic E-state index is 12.1. The van der Waals surface area contributed by atoms with Gasteiger partial charge in [-0.25, -0.2) is 9.78 Å². The minimum atomic E-state index is -0.192. The molecule has 0 aliphatic carbocycles. The van der Waals surface area contributed by atoms with Crippen LogP contribution < -0.4 is 16.0 Å². The van der Waals surface area contributed by atoms with Crippen molar-refractivity contribution >= 4 is 23.0 Å². The van der Waals surface area contributed by atoms with E-state index in [2.05, 4.69) is 20.9 Å². The molecule has 0 saturated carbocycles. The standard InChI is InChI=1S/C19H27N5O3/c1-13(2)23-18(25)14-5-6-17-16(10-14)22-12-24(17)8-7-20-19(26)21-11-15-4-3-9-27-15/h5-6,10,12-13,15H,3-4,7-9,11H2,1-2H3,(H,23,25)(H2,20,21,26)/t15-/m1/s1. The third-order valence-electron chi connectivity index (χ3n) is 4.46. The molecule has 146 valence electrons. The number of carbonyl (C=O) groups is 2. The van der Waals surface area contributed by atoms with Crippen molar-refractivity contribution in [1.82, 2.24) is 25.5 Å². The number of benzene rings is 1. The zero-order valence-electron chi connectivity index (χ0n) is 15.8.